The Labute approximate surface area is 99.0 Å². The highest BCUT2D eigenvalue weighted by Gasteiger charge is 2.09. The van der Waals surface area contributed by atoms with E-state index in [0.717, 1.165) is 0 Å². The summed E-state index contributed by atoms with van der Waals surface area (Å²) in [6, 6.07) is 7.27. The van der Waals surface area contributed by atoms with E-state index in [1.165, 1.54) is 24.4 Å². The van der Waals surface area contributed by atoms with Crippen LogP contribution in [0, 0.1) is 17.1 Å². The first-order chi connectivity index (χ1) is 8.02. The Morgan fingerprint density at radius 3 is 2.76 bits per heavy atom. The van der Waals surface area contributed by atoms with Crippen LogP contribution in [0.15, 0.2) is 36.0 Å². The van der Waals surface area contributed by atoms with Crippen LogP contribution in [0.4, 0.5) is 10.1 Å². The number of halogens is 1. The molecule has 0 radical (unpaired) electrons. The second kappa shape index (κ2) is 5.66. The number of anilines is 1. The Morgan fingerprint density at radius 2 is 2.24 bits per heavy atom. The van der Waals surface area contributed by atoms with Gasteiger partial charge in [-0.3, -0.25) is 4.79 Å². The molecule has 0 saturated heterocycles. The molecule has 17 heavy (non-hydrogen) atoms. The number of nitrogens with zero attached hydrogens (tertiary/aromatic N) is 2. The normalized spacial score (nSPS) is 10.6. The van der Waals surface area contributed by atoms with Gasteiger partial charge in [0.05, 0.1) is 0 Å². The Morgan fingerprint density at radius 1 is 1.53 bits per heavy atom. The van der Waals surface area contributed by atoms with E-state index in [1.54, 1.807) is 31.1 Å². The quantitative estimate of drug-likeness (QED) is 0.639. The number of rotatable bonds is 3. The Hall–Kier alpha value is -2.35. The summed E-state index contributed by atoms with van der Waals surface area (Å²) in [5.41, 5.74) is 0.272. The molecule has 4 nitrogen and oxygen atoms in total. The summed E-state index contributed by atoms with van der Waals surface area (Å²) in [6.07, 6.45) is 1.40. The fraction of sp³-hybridized carbons (Fsp3) is 0.167. The molecule has 0 aliphatic carbocycles. The van der Waals surface area contributed by atoms with Crippen LogP contribution in [-0.4, -0.2) is 24.9 Å². The number of nitrogens with one attached hydrogen (secondary N) is 1. The summed E-state index contributed by atoms with van der Waals surface area (Å²) in [6.45, 7) is 0. The molecule has 0 bridgehead atoms. The van der Waals surface area contributed by atoms with E-state index in [1.807, 2.05) is 0 Å². The van der Waals surface area contributed by atoms with Gasteiger partial charge >= 0.3 is 0 Å². The number of hydrogen-bond acceptors (Lipinski definition) is 3. The lowest BCUT2D eigenvalue weighted by molar-refractivity contribution is -0.112. The van der Waals surface area contributed by atoms with E-state index < -0.39 is 11.7 Å². The summed E-state index contributed by atoms with van der Waals surface area (Å²) in [4.78, 5) is 13.2. The average molecular weight is 233 g/mol. The SMILES string of the molecule is CN(C)/C=C(/C#N)C(=O)Nc1cccc(F)c1. The first-order valence-corrected chi connectivity index (χ1v) is 4.88. The number of carbonyl (C=O) groups excluding carboxylic acids is 1. The van der Waals surface area contributed by atoms with Crippen LogP contribution in [0.2, 0.25) is 0 Å². The summed E-state index contributed by atoms with van der Waals surface area (Å²) in [5, 5.41) is 11.2. The average Bonchev–Trinajstić information content (AvgIpc) is 2.25. The van der Waals surface area contributed by atoms with Crippen molar-refractivity contribution in [3.05, 3.63) is 41.9 Å². The van der Waals surface area contributed by atoms with E-state index in [9.17, 15) is 9.18 Å². The Balaban J connectivity index is 2.82. The van der Waals surface area contributed by atoms with Gasteiger partial charge in [-0.05, 0) is 18.2 Å². The zero-order valence-corrected chi connectivity index (χ0v) is 9.57. The van der Waals surface area contributed by atoms with Gasteiger partial charge in [-0.2, -0.15) is 5.26 Å². The van der Waals surface area contributed by atoms with Crippen molar-refractivity contribution in [3.63, 3.8) is 0 Å². The van der Waals surface area contributed by atoms with Gasteiger partial charge in [0.1, 0.15) is 17.5 Å². The molecule has 5 heteroatoms. The van der Waals surface area contributed by atoms with Gasteiger partial charge in [0.2, 0.25) is 0 Å². The molecule has 0 atom stereocenters. The van der Waals surface area contributed by atoms with E-state index in [4.69, 9.17) is 5.26 Å². The van der Waals surface area contributed by atoms with Gasteiger partial charge in [0.15, 0.2) is 0 Å². The Kier molecular flexibility index (Phi) is 4.23. The molecule has 1 amide bonds. The number of hydrogen-bond donors (Lipinski definition) is 1. The molecule has 0 aliphatic heterocycles. The summed E-state index contributed by atoms with van der Waals surface area (Å²) >= 11 is 0. The second-order valence-electron chi connectivity index (χ2n) is 3.58. The minimum atomic E-state index is -0.563. The molecule has 0 fully saturated rings. The molecule has 1 aromatic rings. The number of carbonyl (C=O) groups is 1. The molecule has 1 N–H and O–H groups in total. The van der Waals surface area contributed by atoms with Gasteiger partial charge in [-0.1, -0.05) is 6.07 Å². The lowest BCUT2D eigenvalue weighted by Crippen LogP contribution is -2.16. The smallest absolute Gasteiger partial charge is 0.267 e. The van der Waals surface area contributed by atoms with Crippen molar-refractivity contribution in [2.45, 2.75) is 0 Å². The van der Waals surface area contributed by atoms with Crippen molar-refractivity contribution in [1.29, 1.82) is 5.26 Å². The molecular weight excluding hydrogens is 221 g/mol. The fourth-order valence-electron chi connectivity index (χ4n) is 1.16. The second-order valence-corrected chi connectivity index (χ2v) is 3.58. The topological polar surface area (TPSA) is 56.1 Å². The van der Waals surface area contributed by atoms with Crippen molar-refractivity contribution in [3.8, 4) is 6.07 Å². The Bertz CT molecular complexity index is 489. The molecule has 0 heterocycles. The first-order valence-electron chi connectivity index (χ1n) is 4.88. The maximum atomic E-state index is 12.9. The molecule has 0 aliphatic rings. The van der Waals surface area contributed by atoms with Crippen molar-refractivity contribution < 1.29 is 9.18 Å². The predicted molar refractivity (Wildman–Crippen MR) is 62.4 cm³/mol. The lowest BCUT2D eigenvalue weighted by atomic mass is 10.2. The van der Waals surface area contributed by atoms with Gasteiger partial charge in [-0.25, -0.2) is 4.39 Å². The third-order valence-corrected chi connectivity index (χ3v) is 1.83. The predicted octanol–water partition coefficient (Wildman–Crippen LogP) is 1.73. The van der Waals surface area contributed by atoms with Crippen LogP contribution in [0.3, 0.4) is 0 Å². The zero-order valence-electron chi connectivity index (χ0n) is 9.57. The van der Waals surface area contributed by atoms with Crippen molar-refractivity contribution in [2.75, 3.05) is 19.4 Å². The van der Waals surface area contributed by atoms with Crippen LogP contribution in [-0.2, 0) is 4.79 Å². The lowest BCUT2D eigenvalue weighted by Gasteiger charge is -2.07. The molecular formula is C12H12FN3O. The maximum Gasteiger partial charge on any atom is 0.267 e. The molecule has 88 valence electrons. The van der Waals surface area contributed by atoms with Gasteiger partial charge in [-0.15, -0.1) is 0 Å². The van der Waals surface area contributed by atoms with E-state index >= 15 is 0 Å². The molecule has 0 saturated carbocycles. The fourth-order valence-corrected chi connectivity index (χ4v) is 1.16. The van der Waals surface area contributed by atoms with E-state index in [2.05, 4.69) is 5.32 Å². The molecule has 0 spiro atoms. The molecule has 0 aromatic heterocycles. The maximum absolute atomic E-state index is 12.9. The minimum absolute atomic E-state index is 0.0424. The molecule has 0 unspecified atom stereocenters. The van der Waals surface area contributed by atoms with Crippen molar-refractivity contribution in [1.82, 2.24) is 4.90 Å². The van der Waals surface area contributed by atoms with Gasteiger partial charge in [0.25, 0.3) is 5.91 Å². The number of amides is 1. The van der Waals surface area contributed by atoms with Crippen LogP contribution < -0.4 is 5.32 Å². The highest BCUT2D eigenvalue weighted by atomic mass is 19.1. The van der Waals surface area contributed by atoms with Gasteiger partial charge in [0, 0.05) is 26.0 Å². The highest BCUT2D eigenvalue weighted by molar-refractivity contribution is 6.06. The van der Waals surface area contributed by atoms with Crippen LogP contribution in [0.1, 0.15) is 0 Å². The first kappa shape index (κ1) is 12.7. The van der Waals surface area contributed by atoms with Gasteiger partial charge < -0.3 is 10.2 Å². The van der Waals surface area contributed by atoms with Crippen LogP contribution >= 0.6 is 0 Å². The van der Waals surface area contributed by atoms with Crippen LogP contribution in [0.5, 0.6) is 0 Å². The largest absolute Gasteiger partial charge is 0.382 e. The highest BCUT2D eigenvalue weighted by Crippen LogP contribution is 2.10. The molecule has 1 aromatic carbocycles. The number of nitriles is 1. The third-order valence-electron chi connectivity index (χ3n) is 1.83. The molecule has 1 rings (SSSR count). The zero-order chi connectivity index (χ0) is 12.8. The van der Waals surface area contributed by atoms with Crippen LogP contribution in [0.25, 0.3) is 0 Å². The standard InChI is InChI=1S/C12H12FN3O/c1-16(2)8-9(7-14)12(17)15-11-5-3-4-10(13)6-11/h3-6,8H,1-2H3,(H,15,17)/b9-8-. The third kappa shape index (κ3) is 3.95. The minimum Gasteiger partial charge on any atom is -0.382 e. The van der Waals surface area contributed by atoms with Crippen molar-refractivity contribution >= 4 is 11.6 Å². The van der Waals surface area contributed by atoms with E-state index in [-0.39, 0.29) is 5.57 Å². The summed E-state index contributed by atoms with van der Waals surface area (Å²) in [7, 11) is 3.40. The number of benzene rings is 1. The van der Waals surface area contributed by atoms with E-state index in [0.29, 0.717) is 5.69 Å². The summed E-state index contributed by atoms with van der Waals surface area (Å²) < 4.78 is 12.9. The summed E-state index contributed by atoms with van der Waals surface area (Å²) in [5.74, 6) is -1.01. The van der Waals surface area contributed by atoms with Crippen molar-refractivity contribution in [2.24, 2.45) is 0 Å². The monoisotopic (exact) mass is 233 g/mol.